The Morgan fingerprint density at radius 3 is 2.43 bits per heavy atom. The number of benzene rings is 2. The van der Waals surface area contributed by atoms with Crippen molar-refractivity contribution in [2.45, 2.75) is 12.6 Å². The summed E-state index contributed by atoms with van der Waals surface area (Å²) in [5, 5.41) is 10.7. The molecule has 1 aliphatic heterocycles. The molecule has 142 valence electrons. The predicted octanol–water partition coefficient (Wildman–Crippen LogP) is 4.48. The van der Waals surface area contributed by atoms with E-state index in [0.29, 0.717) is 28.2 Å². The molecule has 4 rings (SSSR count). The molecule has 2 aromatic carbocycles. The summed E-state index contributed by atoms with van der Waals surface area (Å²) in [7, 11) is 1.57. The molecule has 3 aromatic rings. The molecule has 2 heterocycles. The number of aliphatic hydroxyl groups is 1. The van der Waals surface area contributed by atoms with E-state index in [1.54, 1.807) is 55.6 Å². The number of hydrogen-bond donors (Lipinski definition) is 1. The second kappa shape index (κ2) is 7.23. The lowest BCUT2D eigenvalue weighted by atomic mass is 9.93. The van der Waals surface area contributed by atoms with Crippen LogP contribution >= 0.6 is 0 Å². The van der Waals surface area contributed by atoms with Gasteiger partial charge in [-0.15, -0.1) is 0 Å². The number of hydrogen-bond acceptors (Lipinski definition) is 4. The van der Waals surface area contributed by atoms with Crippen LogP contribution in [0.25, 0.3) is 5.57 Å². The number of amides is 1. The molecular formula is C22H18FNO4. The first kappa shape index (κ1) is 17.9. The van der Waals surface area contributed by atoms with E-state index in [4.69, 9.17) is 9.15 Å². The molecule has 1 N–H and O–H groups in total. The summed E-state index contributed by atoms with van der Waals surface area (Å²) in [6.45, 7) is 0.178. The number of rotatable bonds is 5. The number of carbonyl (C=O) groups is 1. The number of ether oxygens (including phenoxy) is 1. The Kier molecular flexibility index (Phi) is 4.61. The molecular weight excluding hydrogens is 361 g/mol. The minimum absolute atomic E-state index is 0.178. The van der Waals surface area contributed by atoms with Gasteiger partial charge in [0.05, 0.1) is 26.0 Å². The van der Waals surface area contributed by atoms with Crippen LogP contribution < -0.4 is 4.74 Å². The summed E-state index contributed by atoms with van der Waals surface area (Å²) < 4.78 is 24.0. The summed E-state index contributed by atoms with van der Waals surface area (Å²) >= 11 is 0. The van der Waals surface area contributed by atoms with Crippen molar-refractivity contribution in [1.29, 1.82) is 0 Å². The van der Waals surface area contributed by atoms with Gasteiger partial charge in [-0.05, 0) is 47.5 Å². The summed E-state index contributed by atoms with van der Waals surface area (Å²) in [4.78, 5) is 14.4. The van der Waals surface area contributed by atoms with Crippen LogP contribution in [0.5, 0.6) is 5.75 Å². The minimum Gasteiger partial charge on any atom is -0.503 e. The largest absolute Gasteiger partial charge is 0.503 e. The molecule has 1 amide bonds. The first-order chi connectivity index (χ1) is 13.6. The topological polar surface area (TPSA) is 62.9 Å². The SMILES string of the molecule is COc1ccc(C2=C(O)C(=O)N(Cc3ccco3)[C@H]2c2ccc(F)cc2)cc1. The van der Waals surface area contributed by atoms with Crippen molar-refractivity contribution in [2.75, 3.05) is 7.11 Å². The van der Waals surface area contributed by atoms with Gasteiger partial charge >= 0.3 is 0 Å². The number of carbonyl (C=O) groups excluding carboxylic acids is 1. The third kappa shape index (κ3) is 3.13. The molecule has 0 saturated heterocycles. The van der Waals surface area contributed by atoms with Gasteiger partial charge in [-0.2, -0.15) is 0 Å². The van der Waals surface area contributed by atoms with E-state index in [1.807, 2.05) is 0 Å². The molecule has 0 spiro atoms. The zero-order valence-electron chi connectivity index (χ0n) is 15.1. The van der Waals surface area contributed by atoms with Crippen molar-refractivity contribution < 1.29 is 23.4 Å². The Labute approximate surface area is 161 Å². The number of halogens is 1. The van der Waals surface area contributed by atoms with Crippen molar-refractivity contribution >= 4 is 11.5 Å². The average Bonchev–Trinajstić information content (AvgIpc) is 3.31. The van der Waals surface area contributed by atoms with Crippen molar-refractivity contribution in [3.05, 3.63) is 95.4 Å². The average molecular weight is 379 g/mol. The van der Waals surface area contributed by atoms with Crippen molar-refractivity contribution in [3.63, 3.8) is 0 Å². The standard InChI is InChI=1S/C22H18FNO4/c1-27-17-10-6-14(7-11-17)19-20(15-4-8-16(23)9-5-15)24(22(26)21(19)25)13-18-3-2-12-28-18/h2-12,20,25H,13H2,1H3/t20-/m0/s1. The fourth-order valence-electron chi connectivity index (χ4n) is 3.44. The molecule has 0 radical (unpaired) electrons. The smallest absolute Gasteiger partial charge is 0.290 e. The monoisotopic (exact) mass is 379 g/mol. The highest BCUT2D eigenvalue weighted by Crippen LogP contribution is 2.44. The van der Waals surface area contributed by atoms with E-state index in [9.17, 15) is 14.3 Å². The van der Waals surface area contributed by atoms with Crippen LogP contribution in [0.15, 0.2) is 77.1 Å². The van der Waals surface area contributed by atoms with Gasteiger partial charge in [0, 0.05) is 5.57 Å². The molecule has 0 fully saturated rings. The van der Waals surface area contributed by atoms with Crippen LogP contribution in [-0.4, -0.2) is 23.0 Å². The third-order valence-corrected chi connectivity index (χ3v) is 4.80. The van der Waals surface area contributed by atoms with Crippen molar-refractivity contribution in [2.24, 2.45) is 0 Å². The molecule has 0 aliphatic carbocycles. The number of nitrogens with zero attached hydrogens (tertiary/aromatic N) is 1. The van der Waals surface area contributed by atoms with Crippen LogP contribution in [0, 0.1) is 5.82 Å². The summed E-state index contributed by atoms with van der Waals surface area (Å²) in [5.74, 6) is 0.0515. The van der Waals surface area contributed by atoms with Gasteiger partial charge in [-0.3, -0.25) is 4.79 Å². The number of methoxy groups -OCH3 is 1. The highest BCUT2D eigenvalue weighted by atomic mass is 19.1. The number of furan rings is 1. The first-order valence-corrected chi connectivity index (χ1v) is 8.75. The van der Waals surface area contributed by atoms with E-state index < -0.39 is 11.9 Å². The Balaban J connectivity index is 1.80. The molecule has 1 aromatic heterocycles. The first-order valence-electron chi connectivity index (χ1n) is 8.75. The van der Waals surface area contributed by atoms with Crippen LogP contribution in [0.2, 0.25) is 0 Å². The summed E-state index contributed by atoms with van der Waals surface area (Å²) in [5.41, 5.74) is 1.84. The van der Waals surface area contributed by atoms with E-state index in [1.165, 1.54) is 23.3 Å². The van der Waals surface area contributed by atoms with Crippen LogP contribution in [0.4, 0.5) is 4.39 Å². The lowest BCUT2D eigenvalue weighted by molar-refractivity contribution is -0.130. The highest BCUT2D eigenvalue weighted by Gasteiger charge is 2.41. The van der Waals surface area contributed by atoms with Crippen molar-refractivity contribution in [1.82, 2.24) is 4.90 Å². The van der Waals surface area contributed by atoms with Crippen LogP contribution in [-0.2, 0) is 11.3 Å². The molecule has 28 heavy (non-hydrogen) atoms. The Bertz CT molecular complexity index is 1010. The second-order valence-electron chi connectivity index (χ2n) is 6.46. The Morgan fingerprint density at radius 1 is 1.11 bits per heavy atom. The summed E-state index contributed by atoms with van der Waals surface area (Å²) in [6.07, 6.45) is 1.53. The van der Waals surface area contributed by atoms with Crippen LogP contribution in [0.3, 0.4) is 0 Å². The molecule has 1 aliphatic rings. The Hall–Kier alpha value is -3.54. The maximum absolute atomic E-state index is 13.5. The van der Waals surface area contributed by atoms with Gasteiger partial charge in [0.25, 0.3) is 5.91 Å². The minimum atomic E-state index is -0.577. The number of aliphatic hydroxyl groups excluding tert-OH is 1. The normalized spacial score (nSPS) is 16.7. The van der Waals surface area contributed by atoms with Gasteiger partial charge < -0.3 is 19.2 Å². The maximum atomic E-state index is 13.5. The van der Waals surface area contributed by atoms with Gasteiger partial charge in [0.2, 0.25) is 0 Å². The molecule has 0 unspecified atom stereocenters. The third-order valence-electron chi connectivity index (χ3n) is 4.80. The molecule has 0 saturated carbocycles. The van der Waals surface area contributed by atoms with E-state index in [-0.39, 0.29) is 18.1 Å². The van der Waals surface area contributed by atoms with E-state index >= 15 is 0 Å². The summed E-state index contributed by atoms with van der Waals surface area (Å²) in [6, 6.07) is 15.9. The fraction of sp³-hybridized carbons (Fsp3) is 0.136. The second-order valence-corrected chi connectivity index (χ2v) is 6.46. The van der Waals surface area contributed by atoms with Gasteiger partial charge in [0.1, 0.15) is 17.3 Å². The van der Waals surface area contributed by atoms with Gasteiger partial charge in [-0.1, -0.05) is 24.3 Å². The van der Waals surface area contributed by atoms with Crippen LogP contribution in [0.1, 0.15) is 22.9 Å². The van der Waals surface area contributed by atoms with E-state index in [0.717, 1.165) is 0 Å². The zero-order chi connectivity index (χ0) is 19.7. The molecule has 5 nitrogen and oxygen atoms in total. The predicted molar refractivity (Wildman–Crippen MR) is 101 cm³/mol. The lowest BCUT2D eigenvalue weighted by Crippen LogP contribution is -2.29. The van der Waals surface area contributed by atoms with Crippen molar-refractivity contribution in [3.8, 4) is 5.75 Å². The molecule has 6 heteroatoms. The van der Waals surface area contributed by atoms with E-state index in [2.05, 4.69) is 0 Å². The lowest BCUT2D eigenvalue weighted by Gasteiger charge is -2.26. The molecule has 1 atom stereocenters. The van der Waals surface area contributed by atoms with Gasteiger partial charge in [-0.25, -0.2) is 4.39 Å². The highest BCUT2D eigenvalue weighted by molar-refractivity contribution is 6.05. The quantitative estimate of drug-likeness (QED) is 0.710. The zero-order valence-corrected chi connectivity index (χ0v) is 15.1. The van der Waals surface area contributed by atoms with Gasteiger partial charge in [0.15, 0.2) is 5.76 Å². The Morgan fingerprint density at radius 2 is 1.82 bits per heavy atom. The maximum Gasteiger partial charge on any atom is 0.290 e. The fourth-order valence-corrected chi connectivity index (χ4v) is 3.44. The molecule has 0 bridgehead atoms.